The van der Waals surface area contributed by atoms with Gasteiger partial charge in [0.2, 0.25) is 5.75 Å². The number of methoxy groups -OCH3 is 1. The first-order chi connectivity index (χ1) is 18.8. The molecule has 10 heteroatoms. The summed E-state index contributed by atoms with van der Waals surface area (Å²) in [5, 5.41) is 2.56. The summed E-state index contributed by atoms with van der Waals surface area (Å²) in [5.74, 6) is -3.58. The first-order valence-corrected chi connectivity index (χ1v) is 12.4. The highest BCUT2D eigenvalue weighted by molar-refractivity contribution is 6.00. The lowest BCUT2D eigenvalue weighted by atomic mass is 9.96. The van der Waals surface area contributed by atoms with Crippen LogP contribution in [0.1, 0.15) is 56.2 Å². The Morgan fingerprint density at radius 2 is 1.43 bits per heavy atom. The number of allylic oxidation sites excluding steroid dienone is 1. The van der Waals surface area contributed by atoms with E-state index < -0.39 is 40.9 Å². The minimum atomic E-state index is -1.58. The van der Waals surface area contributed by atoms with Crippen molar-refractivity contribution in [2.75, 3.05) is 7.11 Å². The Morgan fingerprint density at radius 1 is 0.900 bits per heavy atom. The second-order valence-electron chi connectivity index (χ2n) is 9.68. The van der Waals surface area contributed by atoms with Crippen molar-refractivity contribution in [3.05, 3.63) is 95.0 Å². The van der Waals surface area contributed by atoms with Crippen LogP contribution in [0.5, 0.6) is 11.5 Å². The van der Waals surface area contributed by atoms with E-state index in [1.165, 1.54) is 88.7 Å². The van der Waals surface area contributed by atoms with Gasteiger partial charge in [0.05, 0.1) is 13.0 Å². The third-order valence-corrected chi connectivity index (χ3v) is 5.78. The molecule has 0 saturated heterocycles. The third kappa shape index (κ3) is 7.07. The van der Waals surface area contributed by atoms with Crippen LogP contribution in [0.25, 0.3) is 5.57 Å². The van der Waals surface area contributed by atoms with E-state index in [2.05, 4.69) is 10.3 Å². The van der Waals surface area contributed by atoms with Gasteiger partial charge in [-0.3, -0.25) is 9.59 Å². The third-order valence-electron chi connectivity index (χ3n) is 5.78. The molecular weight excluding hydrogens is 522 g/mol. The number of aromatic nitrogens is 1. The topological polar surface area (TPSA) is 104 Å². The molecule has 40 heavy (non-hydrogen) atoms. The molecule has 0 fully saturated rings. The van der Waals surface area contributed by atoms with Gasteiger partial charge in [-0.2, -0.15) is 0 Å². The molecule has 0 atom stereocenters. The highest BCUT2D eigenvalue weighted by Gasteiger charge is 2.35. The summed E-state index contributed by atoms with van der Waals surface area (Å²) in [5.41, 5.74) is -0.374. The van der Waals surface area contributed by atoms with E-state index in [0.717, 1.165) is 0 Å². The van der Waals surface area contributed by atoms with Gasteiger partial charge in [0.25, 0.3) is 5.91 Å². The predicted molar refractivity (Wildman–Crippen MR) is 143 cm³/mol. The number of carbonyl (C=O) groups is 3. The summed E-state index contributed by atoms with van der Waals surface area (Å²) < 4.78 is 43.4. The van der Waals surface area contributed by atoms with Crippen LogP contribution in [-0.2, 0) is 14.3 Å². The molecule has 1 N–H and O–H groups in total. The fraction of sp³-hybridized carbons (Fsp3) is 0.267. The Kier molecular flexibility index (Phi) is 9.36. The number of halogens is 2. The van der Waals surface area contributed by atoms with E-state index in [1.54, 1.807) is 13.8 Å². The van der Waals surface area contributed by atoms with Crippen LogP contribution < -0.4 is 14.8 Å². The number of hydrogen-bond donors (Lipinski definition) is 1. The number of rotatable bonds is 9. The lowest BCUT2D eigenvalue weighted by Crippen LogP contribution is -2.50. The number of pyridine rings is 1. The first kappa shape index (κ1) is 29.9. The zero-order chi connectivity index (χ0) is 29.6. The Balaban J connectivity index is 1.92. The van der Waals surface area contributed by atoms with Crippen molar-refractivity contribution in [3.63, 3.8) is 0 Å². The van der Waals surface area contributed by atoms with E-state index in [9.17, 15) is 23.2 Å². The molecule has 0 aliphatic carbocycles. The molecule has 0 saturated carbocycles. The minimum absolute atomic E-state index is 0.108. The molecule has 1 amide bonds. The smallest absolute Gasteiger partial charge is 0.336 e. The van der Waals surface area contributed by atoms with Crippen molar-refractivity contribution in [1.82, 2.24) is 10.3 Å². The van der Waals surface area contributed by atoms with Crippen molar-refractivity contribution in [2.24, 2.45) is 5.92 Å². The van der Waals surface area contributed by atoms with Gasteiger partial charge < -0.3 is 19.5 Å². The molecule has 0 radical (unpaired) electrons. The maximum absolute atomic E-state index is 13.6. The second-order valence-corrected chi connectivity index (χ2v) is 9.68. The molecule has 0 bridgehead atoms. The second kappa shape index (κ2) is 12.5. The summed E-state index contributed by atoms with van der Waals surface area (Å²) in [6, 6.07) is 12.5. The van der Waals surface area contributed by atoms with Crippen LogP contribution in [-0.4, -0.2) is 35.5 Å². The predicted octanol–water partition coefficient (Wildman–Crippen LogP) is 5.46. The maximum Gasteiger partial charge on any atom is 0.336 e. The maximum atomic E-state index is 13.6. The molecule has 0 aliphatic rings. The number of nitrogens with zero attached hydrogens (tertiary/aromatic N) is 1. The van der Waals surface area contributed by atoms with Crippen LogP contribution in [0, 0.1) is 17.6 Å². The summed E-state index contributed by atoms with van der Waals surface area (Å²) >= 11 is 0. The monoisotopic (exact) mass is 552 g/mol. The van der Waals surface area contributed by atoms with Gasteiger partial charge in [-0.25, -0.2) is 18.6 Å². The van der Waals surface area contributed by atoms with Crippen molar-refractivity contribution in [2.45, 2.75) is 40.2 Å². The Hall–Kier alpha value is -4.60. The Bertz CT molecular complexity index is 1380. The van der Waals surface area contributed by atoms with E-state index in [-0.39, 0.29) is 23.0 Å². The van der Waals surface area contributed by atoms with Gasteiger partial charge in [-0.15, -0.1) is 0 Å². The SMILES string of the molecule is COc1ccnc(C(=O)NC(C)(C)C(=O)OC(C)=C(c2ccc(F)cc2)c2ccc(F)cc2)c1OC(=O)C(C)C. The van der Waals surface area contributed by atoms with Crippen molar-refractivity contribution >= 4 is 23.4 Å². The fourth-order valence-corrected chi connectivity index (χ4v) is 3.59. The van der Waals surface area contributed by atoms with E-state index in [1.807, 2.05) is 0 Å². The van der Waals surface area contributed by atoms with E-state index in [0.29, 0.717) is 16.7 Å². The quantitative estimate of drug-likeness (QED) is 0.278. The van der Waals surface area contributed by atoms with Crippen LogP contribution >= 0.6 is 0 Å². The van der Waals surface area contributed by atoms with Gasteiger partial charge in [0.1, 0.15) is 22.9 Å². The lowest BCUT2D eigenvalue weighted by molar-refractivity contribution is -0.145. The standard InChI is InChI=1S/C30H30F2N2O6/c1-17(2)28(36)40-26-23(38-6)15-16-33-25(26)27(35)34-30(4,5)29(37)39-18(3)24(19-7-11-21(31)12-8-19)20-9-13-22(32)14-10-20/h7-17H,1-6H3,(H,34,35). The number of amides is 1. The van der Waals surface area contributed by atoms with Gasteiger partial charge in [-0.1, -0.05) is 38.1 Å². The van der Waals surface area contributed by atoms with Gasteiger partial charge >= 0.3 is 11.9 Å². The van der Waals surface area contributed by atoms with Gasteiger partial charge in [0, 0.05) is 17.8 Å². The van der Waals surface area contributed by atoms with Gasteiger partial charge in [0.15, 0.2) is 11.4 Å². The lowest BCUT2D eigenvalue weighted by Gasteiger charge is -2.25. The molecule has 3 aromatic rings. The van der Waals surface area contributed by atoms with Crippen molar-refractivity contribution in [3.8, 4) is 11.5 Å². The molecule has 1 heterocycles. The molecule has 3 rings (SSSR count). The summed E-state index contributed by atoms with van der Waals surface area (Å²) in [4.78, 5) is 42.8. The van der Waals surface area contributed by atoms with Crippen LogP contribution in [0.4, 0.5) is 8.78 Å². The number of benzene rings is 2. The zero-order valence-electron chi connectivity index (χ0n) is 23.0. The van der Waals surface area contributed by atoms with Gasteiger partial charge in [-0.05, 0) is 56.2 Å². The molecule has 8 nitrogen and oxygen atoms in total. The molecule has 0 aliphatic heterocycles. The molecule has 0 unspecified atom stereocenters. The van der Waals surface area contributed by atoms with Crippen LogP contribution in [0.3, 0.4) is 0 Å². The summed E-state index contributed by atoms with van der Waals surface area (Å²) in [7, 11) is 1.35. The normalized spacial score (nSPS) is 11.0. The molecule has 2 aromatic carbocycles. The van der Waals surface area contributed by atoms with Crippen LogP contribution in [0.15, 0.2) is 66.6 Å². The fourth-order valence-electron chi connectivity index (χ4n) is 3.59. The largest absolute Gasteiger partial charge is 0.493 e. The summed E-state index contributed by atoms with van der Waals surface area (Å²) in [6.45, 7) is 7.65. The van der Waals surface area contributed by atoms with Crippen LogP contribution in [0.2, 0.25) is 0 Å². The Labute approximate surface area is 231 Å². The highest BCUT2D eigenvalue weighted by atomic mass is 19.1. The Morgan fingerprint density at radius 3 is 1.90 bits per heavy atom. The average molecular weight is 553 g/mol. The first-order valence-electron chi connectivity index (χ1n) is 12.4. The number of nitrogens with one attached hydrogen (secondary N) is 1. The average Bonchev–Trinajstić information content (AvgIpc) is 2.90. The number of ether oxygens (including phenoxy) is 3. The van der Waals surface area contributed by atoms with Crippen molar-refractivity contribution < 1.29 is 37.4 Å². The zero-order valence-corrected chi connectivity index (χ0v) is 23.0. The highest BCUT2D eigenvalue weighted by Crippen LogP contribution is 2.31. The van der Waals surface area contributed by atoms with E-state index >= 15 is 0 Å². The number of esters is 2. The molecule has 210 valence electrons. The van der Waals surface area contributed by atoms with E-state index in [4.69, 9.17) is 14.2 Å². The minimum Gasteiger partial charge on any atom is -0.493 e. The molecule has 0 spiro atoms. The molecule has 1 aromatic heterocycles. The van der Waals surface area contributed by atoms with Crippen molar-refractivity contribution in [1.29, 1.82) is 0 Å². The number of carbonyl (C=O) groups excluding carboxylic acids is 3. The summed E-state index contributed by atoms with van der Waals surface area (Å²) in [6.07, 6.45) is 1.30. The molecular formula is C30H30F2N2O6. The number of hydrogen-bond acceptors (Lipinski definition) is 7.